The molecule has 2 aliphatic rings. The van der Waals surface area contributed by atoms with Gasteiger partial charge in [0.2, 0.25) is 5.89 Å². The van der Waals surface area contributed by atoms with Crippen LogP contribution >= 0.6 is 0 Å². The fraction of sp³-hybridized carbons (Fsp3) is 0.500. The average Bonchev–Trinajstić information content (AvgIpc) is 3.11. The smallest absolute Gasteiger partial charge is 0.292 e. The third kappa shape index (κ3) is 3.61. The van der Waals surface area contributed by atoms with Crippen LogP contribution in [0.2, 0.25) is 0 Å². The zero-order valence-corrected chi connectivity index (χ0v) is 14.3. The van der Waals surface area contributed by atoms with E-state index in [0.29, 0.717) is 5.89 Å². The molecule has 2 heterocycles. The number of aliphatic hydroxyl groups is 1. The molecular formula is C18H21FN4O3. The molecule has 1 aliphatic carbocycles. The van der Waals surface area contributed by atoms with E-state index >= 15 is 0 Å². The maximum atomic E-state index is 13.9. The number of amides is 1. The van der Waals surface area contributed by atoms with Crippen molar-refractivity contribution in [2.75, 3.05) is 13.1 Å². The van der Waals surface area contributed by atoms with Gasteiger partial charge < -0.3 is 14.9 Å². The lowest BCUT2D eigenvalue weighted by Gasteiger charge is -2.24. The molecule has 0 radical (unpaired) electrons. The highest BCUT2D eigenvalue weighted by Gasteiger charge is 2.34. The highest BCUT2D eigenvalue weighted by atomic mass is 19.1. The van der Waals surface area contributed by atoms with Crippen LogP contribution in [0.4, 0.5) is 4.39 Å². The number of aliphatic hydroxyl groups excluding tert-OH is 1. The lowest BCUT2D eigenvalue weighted by atomic mass is 10.1. The molecular weight excluding hydrogens is 339 g/mol. The third-order valence-corrected chi connectivity index (χ3v) is 4.88. The van der Waals surface area contributed by atoms with E-state index in [-0.39, 0.29) is 35.9 Å². The molecule has 1 aliphatic heterocycles. The highest BCUT2D eigenvalue weighted by Crippen LogP contribution is 2.33. The largest absolute Gasteiger partial charge is 0.387 e. The molecule has 4 rings (SSSR count). The fourth-order valence-electron chi connectivity index (χ4n) is 3.33. The molecule has 1 aromatic carbocycles. The number of rotatable bonds is 6. The van der Waals surface area contributed by atoms with Crippen LogP contribution in [0.25, 0.3) is 0 Å². The molecule has 1 amide bonds. The van der Waals surface area contributed by atoms with Crippen molar-refractivity contribution in [3.63, 3.8) is 0 Å². The first kappa shape index (κ1) is 17.1. The maximum absolute atomic E-state index is 13.9. The molecule has 1 saturated carbocycles. The number of nitrogens with one attached hydrogen (secondary N) is 1. The van der Waals surface area contributed by atoms with Gasteiger partial charge in [-0.3, -0.25) is 9.69 Å². The van der Waals surface area contributed by atoms with Crippen LogP contribution in [-0.2, 0) is 0 Å². The first-order chi connectivity index (χ1) is 12.6. The van der Waals surface area contributed by atoms with Crippen molar-refractivity contribution in [3.8, 4) is 0 Å². The minimum absolute atomic E-state index is 0.0356. The van der Waals surface area contributed by atoms with E-state index in [1.165, 1.54) is 6.07 Å². The quantitative estimate of drug-likeness (QED) is 0.818. The average molecular weight is 360 g/mol. The van der Waals surface area contributed by atoms with Crippen LogP contribution in [0, 0.1) is 5.82 Å². The Kier molecular flexibility index (Phi) is 4.69. The Balaban J connectivity index is 1.44. The normalized spacial score (nSPS) is 21.7. The van der Waals surface area contributed by atoms with Crippen molar-refractivity contribution in [2.45, 2.75) is 43.9 Å². The number of carbonyl (C=O) groups is 1. The SMILES string of the molecule is O=C(NC1CC1)c1noc([C@H]2CCCN2C[C@H](O)c2ccccc2F)n1. The maximum Gasteiger partial charge on any atom is 0.292 e. The van der Waals surface area contributed by atoms with Gasteiger partial charge in [-0.2, -0.15) is 4.98 Å². The number of likely N-dealkylation sites (tertiary alicyclic amines) is 1. The molecule has 0 bridgehead atoms. The molecule has 1 aromatic heterocycles. The number of nitrogens with zero attached hydrogens (tertiary/aromatic N) is 3. The zero-order valence-electron chi connectivity index (χ0n) is 14.3. The highest BCUT2D eigenvalue weighted by molar-refractivity contribution is 5.90. The number of hydrogen-bond acceptors (Lipinski definition) is 6. The molecule has 8 heteroatoms. The number of benzene rings is 1. The van der Waals surface area contributed by atoms with Crippen molar-refractivity contribution in [2.24, 2.45) is 0 Å². The molecule has 0 spiro atoms. The molecule has 7 nitrogen and oxygen atoms in total. The molecule has 2 aromatic rings. The summed E-state index contributed by atoms with van der Waals surface area (Å²) in [6.07, 6.45) is 2.72. The Labute approximate surface area is 150 Å². The zero-order chi connectivity index (χ0) is 18.1. The second-order valence-corrected chi connectivity index (χ2v) is 6.89. The summed E-state index contributed by atoms with van der Waals surface area (Å²) in [6, 6.07) is 6.26. The van der Waals surface area contributed by atoms with Gasteiger partial charge in [-0.25, -0.2) is 4.39 Å². The monoisotopic (exact) mass is 360 g/mol. The Morgan fingerprint density at radius 1 is 1.38 bits per heavy atom. The van der Waals surface area contributed by atoms with Crippen LogP contribution in [-0.4, -0.2) is 45.2 Å². The standard InChI is InChI=1S/C18H21FN4O3/c19-13-5-2-1-4-12(13)15(24)10-23-9-3-6-14(23)18-21-16(22-26-18)17(25)20-11-7-8-11/h1-2,4-5,11,14-15,24H,3,6-10H2,(H,20,25)/t14-,15+/m1/s1. The van der Waals surface area contributed by atoms with Crippen LogP contribution in [0.15, 0.2) is 28.8 Å². The van der Waals surface area contributed by atoms with Crippen LogP contribution in [0.3, 0.4) is 0 Å². The van der Waals surface area contributed by atoms with E-state index in [0.717, 1.165) is 32.2 Å². The van der Waals surface area contributed by atoms with Gasteiger partial charge in [0.15, 0.2) is 0 Å². The first-order valence-corrected chi connectivity index (χ1v) is 8.93. The van der Waals surface area contributed by atoms with Crippen molar-refractivity contribution >= 4 is 5.91 Å². The van der Waals surface area contributed by atoms with Crippen molar-refractivity contribution < 1.29 is 18.8 Å². The van der Waals surface area contributed by atoms with Crippen LogP contribution < -0.4 is 5.32 Å². The van der Waals surface area contributed by atoms with E-state index in [2.05, 4.69) is 15.5 Å². The number of aromatic nitrogens is 2. The fourth-order valence-corrected chi connectivity index (χ4v) is 3.33. The molecule has 138 valence electrons. The van der Waals surface area contributed by atoms with Gasteiger partial charge in [0.1, 0.15) is 5.82 Å². The first-order valence-electron chi connectivity index (χ1n) is 8.93. The van der Waals surface area contributed by atoms with Crippen LogP contribution in [0.5, 0.6) is 0 Å². The third-order valence-electron chi connectivity index (χ3n) is 4.88. The summed E-state index contributed by atoms with van der Waals surface area (Å²) in [6.45, 7) is 1.000. The molecule has 26 heavy (non-hydrogen) atoms. The lowest BCUT2D eigenvalue weighted by molar-refractivity contribution is 0.0937. The summed E-state index contributed by atoms with van der Waals surface area (Å²) < 4.78 is 19.2. The number of β-amino-alcohol motifs (C(OH)–C–C–N with tert-alkyl or cyclic N) is 1. The van der Waals surface area contributed by atoms with E-state index < -0.39 is 11.9 Å². The molecule has 0 unspecified atom stereocenters. The second-order valence-electron chi connectivity index (χ2n) is 6.89. The van der Waals surface area contributed by atoms with Gasteiger partial charge in [0.05, 0.1) is 12.1 Å². The summed E-state index contributed by atoms with van der Waals surface area (Å²) in [5.74, 6) is -0.344. The molecule has 1 saturated heterocycles. The van der Waals surface area contributed by atoms with Gasteiger partial charge in [-0.05, 0) is 38.3 Å². The Hall–Kier alpha value is -2.32. The number of halogens is 1. The Morgan fingerprint density at radius 2 is 2.19 bits per heavy atom. The van der Waals surface area contributed by atoms with Crippen LogP contribution in [0.1, 0.15) is 59.9 Å². The van der Waals surface area contributed by atoms with E-state index in [9.17, 15) is 14.3 Å². The minimum Gasteiger partial charge on any atom is -0.387 e. The van der Waals surface area contributed by atoms with Crippen molar-refractivity contribution in [1.82, 2.24) is 20.4 Å². The molecule has 2 atom stereocenters. The van der Waals surface area contributed by atoms with Gasteiger partial charge >= 0.3 is 0 Å². The molecule has 2 fully saturated rings. The number of hydrogen-bond donors (Lipinski definition) is 2. The van der Waals surface area contributed by atoms with E-state index in [1.54, 1.807) is 18.2 Å². The lowest BCUT2D eigenvalue weighted by Crippen LogP contribution is -2.29. The van der Waals surface area contributed by atoms with Gasteiger partial charge in [0.25, 0.3) is 11.7 Å². The minimum atomic E-state index is -0.947. The summed E-state index contributed by atoms with van der Waals surface area (Å²) in [7, 11) is 0. The summed E-state index contributed by atoms with van der Waals surface area (Å²) in [5, 5.41) is 17.0. The second kappa shape index (κ2) is 7.13. The van der Waals surface area contributed by atoms with E-state index in [1.807, 2.05) is 4.90 Å². The topological polar surface area (TPSA) is 91.5 Å². The van der Waals surface area contributed by atoms with E-state index in [4.69, 9.17) is 4.52 Å². The van der Waals surface area contributed by atoms with Crippen molar-refractivity contribution in [1.29, 1.82) is 0 Å². The predicted molar refractivity (Wildman–Crippen MR) is 89.7 cm³/mol. The summed E-state index contributed by atoms with van der Waals surface area (Å²) in [4.78, 5) is 18.2. The predicted octanol–water partition coefficient (Wildman–Crippen LogP) is 1.97. The Morgan fingerprint density at radius 3 is 2.96 bits per heavy atom. The number of carbonyl (C=O) groups excluding carboxylic acids is 1. The van der Waals surface area contributed by atoms with Gasteiger partial charge in [-0.1, -0.05) is 23.4 Å². The van der Waals surface area contributed by atoms with Crippen molar-refractivity contribution in [3.05, 3.63) is 47.4 Å². The summed E-state index contributed by atoms with van der Waals surface area (Å²) in [5.41, 5.74) is 0.271. The Bertz CT molecular complexity index is 792. The van der Waals surface area contributed by atoms with Gasteiger partial charge in [0, 0.05) is 18.2 Å². The summed E-state index contributed by atoms with van der Waals surface area (Å²) >= 11 is 0. The van der Waals surface area contributed by atoms with Gasteiger partial charge in [-0.15, -0.1) is 0 Å². The molecule has 2 N–H and O–H groups in total.